The Bertz CT molecular complexity index is 546. The van der Waals surface area contributed by atoms with Crippen molar-refractivity contribution in [1.82, 2.24) is 10.0 Å². The predicted molar refractivity (Wildman–Crippen MR) is 74.5 cm³/mol. The first-order valence-electron chi connectivity index (χ1n) is 5.90. The van der Waals surface area contributed by atoms with Crippen molar-refractivity contribution < 1.29 is 13.2 Å². The van der Waals surface area contributed by atoms with Crippen molar-refractivity contribution in [2.45, 2.75) is 31.2 Å². The first-order valence-corrected chi connectivity index (χ1v) is 7.76. The zero-order valence-corrected chi connectivity index (χ0v) is 12.4. The van der Waals surface area contributed by atoms with E-state index in [0.717, 1.165) is 6.42 Å². The summed E-state index contributed by atoms with van der Waals surface area (Å²) in [5.41, 5.74) is 0. The second-order valence-electron chi connectivity index (χ2n) is 4.13. The van der Waals surface area contributed by atoms with Gasteiger partial charge in [0.1, 0.15) is 4.90 Å². The lowest BCUT2D eigenvalue weighted by Gasteiger charge is -2.12. The Balaban J connectivity index is 2.67. The number of benzene rings is 1. The van der Waals surface area contributed by atoms with Crippen LogP contribution < -0.4 is 10.0 Å². The highest BCUT2D eigenvalue weighted by Gasteiger charge is 2.18. The number of hydrogen-bond donors (Lipinski definition) is 2. The van der Waals surface area contributed by atoms with Crippen LogP contribution in [0.3, 0.4) is 0 Å². The quantitative estimate of drug-likeness (QED) is 0.837. The molecule has 1 atom stereocenters. The lowest BCUT2D eigenvalue weighted by Crippen LogP contribution is -2.40. The molecule has 106 valence electrons. The van der Waals surface area contributed by atoms with Crippen LogP contribution in [0.4, 0.5) is 0 Å². The molecule has 0 fully saturated rings. The molecular formula is C12H17ClN2O3S. The minimum absolute atomic E-state index is 0.0114. The molecule has 0 saturated heterocycles. The third-order valence-corrected chi connectivity index (χ3v) is 4.47. The van der Waals surface area contributed by atoms with Crippen LogP contribution in [-0.2, 0) is 14.8 Å². The first-order chi connectivity index (χ1) is 8.86. The van der Waals surface area contributed by atoms with E-state index in [1.165, 1.54) is 12.1 Å². The van der Waals surface area contributed by atoms with Gasteiger partial charge in [0.15, 0.2) is 0 Å². The number of nitrogens with one attached hydrogen (secondary N) is 2. The van der Waals surface area contributed by atoms with Crippen molar-refractivity contribution in [3.63, 3.8) is 0 Å². The van der Waals surface area contributed by atoms with Gasteiger partial charge < -0.3 is 5.32 Å². The van der Waals surface area contributed by atoms with Crippen LogP contribution in [0.1, 0.15) is 20.3 Å². The second kappa shape index (κ2) is 6.88. The summed E-state index contributed by atoms with van der Waals surface area (Å²) in [6.07, 6.45) is 0.781. The first kappa shape index (κ1) is 15.9. The lowest BCUT2D eigenvalue weighted by molar-refractivity contribution is -0.120. The topological polar surface area (TPSA) is 75.3 Å². The van der Waals surface area contributed by atoms with E-state index in [0.29, 0.717) is 0 Å². The summed E-state index contributed by atoms with van der Waals surface area (Å²) in [4.78, 5) is 11.5. The summed E-state index contributed by atoms with van der Waals surface area (Å²) in [7, 11) is -3.77. The van der Waals surface area contributed by atoms with Crippen LogP contribution in [-0.4, -0.2) is 26.9 Å². The van der Waals surface area contributed by atoms with E-state index < -0.39 is 10.0 Å². The molecule has 19 heavy (non-hydrogen) atoms. The Hall–Kier alpha value is -1.11. The van der Waals surface area contributed by atoms with Gasteiger partial charge in [-0.2, -0.15) is 0 Å². The van der Waals surface area contributed by atoms with Crippen LogP contribution in [0.5, 0.6) is 0 Å². The molecule has 0 aliphatic rings. The highest BCUT2D eigenvalue weighted by atomic mass is 35.5. The van der Waals surface area contributed by atoms with Gasteiger partial charge in [-0.15, -0.1) is 0 Å². The molecule has 5 nitrogen and oxygen atoms in total. The van der Waals surface area contributed by atoms with Crippen molar-refractivity contribution in [2.24, 2.45) is 0 Å². The molecular weight excluding hydrogens is 288 g/mol. The summed E-state index contributed by atoms with van der Waals surface area (Å²) in [5.74, 6) is -0.370. The highest BCUT2D eigenvalue weighted by Crippen LogP contribution is 2.19. The molecule has 2 N–H and O–H groups in total. The SMILES string of the molecule is CCC(C)NC(=O)CNS(=O)(=O)c1ccccc1Cl. The molecule has 1 amide bonds. The van der Waals surface area contributed by atoms with Crippen LogP contribution in [0.25, 0.3) is 0 Å². The average Bonchev–Trinajstić information content (AvgIpc) is 2.36. The van der Waals surface area contributed by atoms with Gasteiger partial charge in [0.25, 0.3) is 0 Å². The monoisotopic (exact) mass is 304 g/mol. The molecule has 0 heterocycles. The summed E-state index contributed by atoms with van der Waals surface area (Å²) in [6, 6.07) is 6.08. The van der Waals surface area contributed by atoms with E-state index in [2.05, 4.69) is 10.0 Å². The standard InChI is InChI=1S/C12H17ClN2O3S/c1-3-9(2)15-12(16)8-14-19(17,18)11-7-5-4-6-10(11)13/h4-7,9,14H,3,8H2,1-2H3,(H,15,16). The summed E-state index contributed by atoms with van der Waals surface area (Å²) >= 11 is 5.81. The number of halogens is 1. The second-order valence-corrected chi connectivity index (χ2v) is 6.27. The van der Waals surface area contributed by atoms with E-state index in [4.69, 9.17) is 11.6 Å². The molecule has 0 aliphatic carbocycles. The Morgan fingerprint density at radius 1 is 1.37 bits per heavy atom. The van der Waals surface area contributed by atoms with Gasteiger partial charge in [0.05, 0.1) is 11.6 Å². The van der Waals surface area contributed by atoms with Crippen molar-refractivity contribution in [3.8, 4) is 0 Å². The number of amides is 1. The van der Waals surface area contributed by atoms with E-state index in [1.54, 1.807) is 12.1 Å². The zero-order chi connectivity index (χ0) is 14.5. The molecule has 0 aliphatic heterocycles. The molecule has 1 unspecified atom stereocenters. The van der Waals surface area contributed by atoms with Crippen LogP contribution in [0, 0.1) is 0 Å². The van der Waals surface area contributed by atoms with Crippen molar-refractivity contribution >= 4 is 27.5 Å². The Kier molecular flexibility index (Phi) is 5.78. The Morgan fingerprint density at radius 2 is 2.00 bits per heavy atom. The number of carbonyl (C=O) groups excluding carboxylic acids is 1. The largest absolute Gasteiger partial charge is 0.353 e. The minimum atomic E-state index is -3.77. The molecule has 0 radical (unpaired) electrons. The summed E-state index contributed by atoms with van der Waals surface area (Å²) < 4.78 is 26.1. The average molecular weight is 305 g/mol. The van der Waals surface area contributed by atoms with Crippen LogP contribution in [0.15, 0.2) is 29.2 Å². The lowest BCUT2D eigenvalue weighted by atomic mass is 10.2. The van der Waals surface area contributed by atoms with E-state index in [9.17, 15) is 13.2 Å². The van der Waals surface area contributed by atoms with E-state index >= 15 is 0 Å². The van der Waals surface area contributed by atoms with Gasteiger partial charge in [-0.25, -0.2) is 13.1 Å². The van der Waals surface area contributed by atoms with Crippen LogP contribution in [0.2, 0.25) is 5.02 Å². The smallest absolute Gasteiger partial charge is 0.242 e. The van der Waals surface area contributed by atoms with Crippen molar-refractivity contribution in [2.75, 3.05) is 6.54 Å². The Morgan fingerprint density at radius 3 is 2.58 bits per heavy atom. The van der Waals surface area contributed by atoms with Gasteiger partial charge in [-0.3, -0.25) is 4.79 Å². The number of sulfonamides is 1. The third-order valence-electron chi connectivity index (χ3n) is 2.57. The summed E-state index contributed by atoms with van der Waals surface area (Å²) in [6.45, 7) is 3.47. The molecule has 1 rings (SSSR count). The molecule has 1 aromatic carbocycles. The molecule has 0 saturated carbocycles. The fraction of sp³-hybridized carbons (Fsp3) is 0.417. The van der Waals surface area contributed by atoms with Gasteiger partial charge in [-0.05, 0) is 25.5 Å². The van der Waals surface area contributed by atoms with Crippen molar-refractivity contribution in [1.29, 1.82) is 0 Å². The Labute approximate surface area is 118 Å². The fourth-order valence-corrected chi connectivity index (χ4v) is 2.83. The number of hydrogen-bond acceptors (Lipinski definition) is 3. The fourth-order valence-electron chi connectivity index (χ4n) is 1.33. The number of carbonyl (C=O) groups is 1. The van der Waals surface area contributed by atoms with Gasteiger partial charge in [0, 0.05) is 6.04 Å². The maximum atomic E-state index is 11.9. The summed E-state index contributed by atoms with van der Waals surface area (Å²) in [5, 5.41) is 2.79. The predicted octanol–water partition coefficient (Wildman–Crippen LogP) is 1.53. The maximum Gasteiger partial charge on any atom is 0.242 e. The van der Waals surface area contributed by atoms with Gasteiger partial charge >= 0.3 is 0 Å². The molecule has 0 spiro atoms. The zero-order valence-electron chi connectivity index (χ0n) is 10.8. The maximum absolute atomic E-state index is 11.9. The minimum Gasteiger partial charge on any atom is -0.353 e. The molecule has 0 aromatic heterocycles. The van der Waals surface area contributed by atoms with Crippen LogP contribution >= 0.6 is 11.6 Å². The molecule has 7 heteroatoms. The van der Waals surface area contributed by atoms with Crippen molar-refractivity contribution in [3.05, 3.63) is 29.3 Å². The number of rotatable bonds is 6. The van der Waals surface area contributed by atoms with E-state index in [1.807, 2.05) is 13.8 Å². The van der Waals surface area contributed by atoms with Gasteiger partial charge in [-0.1, -0.05) is 30.7 Å². The van der Waals surface area contributed by atoms with E-state index in [-0.39, 0.29) is 28.4 Å². The molecule has 0 bridgehead atoms. The normalized spacial score (nSPS) is 13.0. The molecule has 1 aromatic rings. The highest BCUT2D eigenvalue weighted by molar-refractivity contribution is 7.89. The third kappa shape index (κ3) is 4.81. The van der Waals surface area contributed by atoms with Gasteiger partial charge in [0.2, 0.25) is 15.9 Å².